The molecule has 0 aliphatic carbocycles. The Morgan fingerprint density at radius 3 is 2.83 bits per heavy atom. The van der Waals surface area contributed by atoms with Crippen molar-refractivity contribution in [3.05, 3.63) is 30.2 Å². The number of thioether (sulfide) groups is 1. The van der Waals surface area contributed by atoms with Crippen LogP contribution in [0.5, 0.6) is 0 Å². The number of aromatic nitrogens is 2. The van der Waals surface area contributed by atoms with Gasteiger partial charge < -0.3 is 5.32 Å². The molecule has 0 spiro atoms. The maximum absolute atomic E-state index is 12.0. The minimum atomic E-state index is -4.14. The van der Waals surface area contributed by atoms with E-state index in [0.717, 1.165) is 22.3 Å². The van der Waals surface area contributed by atoms with Gasteiger partial charge in [-0.25, -0.2) is 4.98 Å². The van der Waals surface area contributed by atoms with Crippen LogP contribution in [0, 0.1) is 6.92 Å². The molecular weight excluding hydrogens is 359 g/mol. The quantitative estimate of drug-likeness (QED) is 0.723. The van der Waals surface area contributed by atoms with Gasteiger partial charge in [-0.05, 0) is 19.1 Å². The van der Waals surface area contributed by atoms with Crippen molar-refractivity contribution in [1.82, 2.24) is 9.97 Å². The summed E-state index contributed by atoms with van der Waals surface area (Å²) in [4.78, 5) is 20.3. The second-order valence-corrected chi connectivity index (χ2v) is 7.17. The van der Waals surface area contributed by atoms with Crippen LogP contribution < -0.4 is 5.32 Å². The molecule has 0 unspecified atom stereocenters. The van der Waals surface area contributed by atoms with Gasteiger partial charge in [0.2, 0.25) is 5.91 Å². The van der Waals surface area contributed by atoms with Crippen molar-refractivity contribution in [2.45, 2.75) is 25.9 Å². The van der Waals surface area contributed by atoms with Gasteiger partial charge in [-0.2, -0.15) is 24.9 Å². The number of amides is 1. The molecule has 2 rings (SSSR count). The first-order chi connectivity index (χ1) is 11.3. The van der Waals surface area contributed by atoms with E-state index in [9.17, 15) is 18.0 Å². The fourth-order valence-electron chi connectivity index (χ4n) is 1.77. The van der Waals surface area contributed by atoms with Crippen LogP contribution in [0.15, 0.2) is 24.5 Å². The van der Waals surface area contributed by atoms with Crippen molar-refractivity contribution >= 4 is 34.0 Å². The lowest BCUT2D eigenvalue weighted by Crippen LogP contribution is -2.13. The van der Waals surface area contributed by atoms with Crippen molar-refractivity contribution < 1.29 is 18.0 Å². The Morgan fingerprint density at radius 1 is 1.38 bits per heavy atom. The van der Waals surface area contributed by atoms with Gasteiger partial charge in [-0.3, -0.25) is 9.78 Å². The van der Waals surface area contributed by atoms with Crippen molar-refractivity contribution in [1.29, 1.82) is 0 Å². The van der Waals surface area contributed by atoms with E-state index >= 15 is 0 Å². The summed E-state index contributed by atoms with van der Waals surface area (Å²) in [6.07, 6.45) is -1.44. The number of hydrogen-bond donors (Lipinski definition) is 1. The van der Waals surface area contributed by atoms with Gasteiger partial charge in [-0.1, -0.05) is 11.3 Å². The summed E-state index contributed by atoms with van der Waals surface area (Å²) in [5.74, 6) is 0.107. The number of halogens is 3. The third kappa shape index (κ3) is 6.12. The molecule has 0 bridgehead atoms. The van der Waals surface area contributed by atoms with Gasteiger partial charge in [0.25, 0.3) is 0 Å². The molecule has 4 nitrogen and oxygen atoms in total. The Morgan fingerprint density at radius 2 is 2.17 bits per heavy atom. The summed E-state index contributed by atoms with van der Waals surface area (Å²) in [5, 5.41) is 4.18. The van der Waals surface area contributed by atoms with E-state index in [4.69, 9.17) is 0 Å². The molecule has 2 heterocycles. The number of hydrogen-bond acceptors (Lipinski definition) is 5. The molecule has 24 heavy (non-hydrogen) atoms. The van der Waals surface area contributed by atoms with Crippen LogP contribution in [0.25, 0.3) is 10.6 Å². The van der Waals surface area contributed by atoms with Crippen LogP contribution in [-0.2, 0) is 4.79 Å². The molecule has 130 valence electrons. The van der Waals surface area contributed by atoms with Gasteiger partial charge in [-0.15, -0.1) is 0 Å². The normalized spacial score (nSPS) is 11.5. The fourth-order valence-corrected chi connectivity index (χ4v) is 3.65. The first-order valence-electron chi connectivity index (χ1n) is 7.17. The van der Waals surface area contributed by atoms with E-state index in [1.807, 2.05) is 12.1 Å². The number of anilines is 1. The van der Waals surface area contributed by atoms with Crippen molar-refractivity contribution in [3.63, 3.8) is 0 Å². The average molecular weight is 375 g/mol. The maximum atomic E-state index is 12.0. The van der Waals surface area contributed by atoms with Crippen LogP contribution >= 0.6 is 23.1 Å². The Balaban J connectivity index is 1.81. The first-order valence-corrected chi connectivity index (χ1v) is 9.14. The standard InChI is InChI=1S/C15H16F3N3OS2/c1-10-13(24-14(20-10)11-3-2-6-19-9-11)21-12(22)4-7-23-8-5-15(16,17)18/h2-3,6,9H,4-5,7-8H2,1H3,(H,21,22). The number of thiazole rings is 1. The van der Waals surface area contributed by atoms with E-state index < -0.39 is 12.6 Å². The van der Waals surface area contributed by atoms with E-state index in [0.29, 0.717) is 16.4 Å². The van der Waals surface area contributed by atoms with Crippen LogP contribution in [0.2, 0.25) is 0 Å². The molecule has 2 aromatic heterocycles. The zero-order valence-electron chi connectivity index (χ0n) is 12.9. The molecule has 0 atom stereocenters. The highest BCUT2D eigenvalue weighted by atomic mass is 32.2. The molecule has 0 aromatic carbocycles. The molecule has 1 N–H and O–H groups in total. The number of nitrogens with zero attached hydrogens (tertiary/aromatic N) is 2. The predicted octanol–water partition coefficient (Wildman–Crippen LogP) is 4.53. The van der Waals surface area contributed by atoms with Crippen molar-refractivity contribution in [2.75, 3.05) is 16.8 Å². The lowest BCUT2D eigenvalue weighted by molar-refractivity contribution is -0.129. The summed E-state index contributed by atoms with van der Waals surface area (Å²) in [5.41, 5.74) is 1.57. The number of nitrogens with one attached hydrogen (secondary N) is 1. The molecule has 0 radical (unpaired) electrons. The minimum absolute atomic E-state index is 0.0263. The molecule has 0 aliphatic rings. The average Bonchev–Trinajstić information content (AvgIpc) is 2.88. The Kier molecular flexibility index (Phi) is 6.61. The summed E-state index contributed by atoms with van der Waals surface area (Å²) in [6.45, 7) is 1.80. The van der Waals surface area contributed by atoms with Gasteiger partial charge in [0, 0.05) is 35.9 Å². The predicted molar refractivity (Wildman–Crippen MR) is 91.3 cm³/mol. The molecule has 0 fully saturated rings. The molecule has 1 amide bonds. The number of alkyl halides is 3. The highest BCUT2D eigenvalue weighted by molar-refractivity contribution is 7.99. The first kappa shape index (κ1) is 18.7. The fraction of sp³-hybridized carbons (Fsp3) is 0.400. The van der Waals surface area contributed by atoms with Gasteiger partial charge >= 0.3 is 6.18 Å². The maximum Gasteiger partial charge on any atom is 0.389 e. The molecule has 0 aliphatic heterocycles. The topological polar surface area (TPSA) is 54.9 Å². The Bertz CT molecular complexity index is 674. The molecule has 0 saturated heterocycles. The summed E-state index contributed by atoms with van der Waals surface area (Å²) in [6, 6.07) is 3.69. The van der Waals surface area contributed by atoms with Crippen LogP contribution in [0.1, 0.15) is 18.5 Å². The van der Waals surface area contributed by atoms with E-state index in [-0.39, 0.29) is 18.1 Å². The zero-order valence-corrected chi connectivity index (χ0v) is 14.5. The number of carbonyl (C=O) groups excluding carboxylic acids is 1. The highest BCUT2D eigenvalue weighted by Gasteiger charge is 2.26. The third-order valence-corrected chi connectivity index (χ3v) is 5.07. The lowest BCUT2D eigenvalue weighted by Gasteiger charge is -2.06. The molecule has 9 heteroatoms. The summed E-state index contributed by atoms with van der Waals surface area (Å²) in [7, 11) is 0. The smallest absolute Gasteiger partial charge is 0.316 e. The molecular formula is C15H16F3N3OS2. The number of pyridine rings is 1. The largest absolute Gasteiger partial charge is 0.389 e. The monoisotopic (exact) mass is 375 g/mol. The minimum Gasteiger partial charge on any atom is -0.316 e. The zero-order chi connectivity index (χ0) is 17.6. The van der Waals surface area contributed by atoms with Gasteiger partial charge in [0.15, 0.2) is 0 Å². The van der Waals surface area contributed by atoms with Crippen LogP contribution in [-0.4, -0.2) is 33.6 Å². The van der Waals surface area contributed by atoms with Crippen LogP contribution in [0.4, 0.5) is 18.2 Å². The third-order valence-electron chi connectivity index (χ3n) is 2.96. The molecule has 2 aromatic rings. The second-order valence-electron chi connectivity index (χ2n) is 4.95. The Hall–Kier alpha value is -1.61. The number of aryl methyl sites for hydroxylation is 1. The number of rotatable bonds is 7. The summed E-state index contributed by atoms with van der Waals surface area (Å²) >= 11 is 2.47. The van der Waals surface area contributed by atoms with Gasteiger partial charge in [0.05, 0.1) is 12.1 Å². The molecule has 0 saturated carbocycles. The van der Waals surface area contributed by atoms with E-state index in [2.05, 4.69) is 15.3 Å². The SMILES string of the molecule is Cc1nc(-c2cccnc2)sc1NC(=O)CCSCCC(F)(F)F. The summed E-state index contributed by atoms with van der Waals surface area (Å²) < 4.78 is 36.0. The van der Waals surface area contributed by atoms with Crippen molar-refractivity contribution in [2.24, 2.45) is 0 Å². The van der Waals surface area contributed by atoms with Gasteiger partial charge in [0.1, 0.15) is 10.0 Å². The second kappa shape index (κ2) is 8.48. The van der Waals surface area contributed by atoms with Crippen LogP contribution in [0.3, 0.4) is 0 Å². The lowest BCUT2D eigenvalue weighted by atomic mass is 10.3. The van der Waals surface area contributed by atoms with Crippen molar-refractivity contribution in [3.8, 4) is 10.6 Å². The van der Waals surface area contributed by atoms with E-state index in [1.165, 1.54) is 11.3 Å². The van der Waals surface area contributed by atoms with E-state index in [1.54, 1.807) is 19.3 Å². The highest BCUT2D eigenvalue weighted by Crippen LogP contribution is 2.31. The number of carbonyl (C=O) groups is 1. The Labute approximate surface area is 145 Å².